The van der Waals surface area contributed by atoms with E-state index in [0.29, 0.717) is 18.5 Å². The number of nitrogens with zero attached hydrogens (tertiary/aromatic N) is 5. The van der Waals surface area contributed by atoms with Crippen LogP contribution in [-0.4, -0.2) is 77.4 Å². The van der Waals surface area contributed by atoms with E-state index >= 15 is 0 Å². The molecule has 0 aliphatic carbocycles. The van der Waals surface area contributed by atoms with E-state index in [1.807, 2.05) is 6.20 Å². The van der Waals surface area contributed by atoms with Crippen LogP contribution in [0, 0.1) is 5.41 Å². The molecule has 4 rings (SSSR count). The molecule has 1 saturated heterocycles. The number of aliphatic imine (C=N–C) groups is 1. The summed E-state index contributed by atoms with van der Waals surface area (Å²) in [5.41, 5.74) is 3.09. The number of benzene rings is 1. The number of fused-ring (bicyclic) bond motifs is 3. The molecule has 32 heavy (non-hydrogen) atoms. The van der Waals surface area contributed by atoms with Crippen molar-refractivity contribution in [2.45, 2.75) is 45.8 Å². The van der Waals surface area contributed by atoms with Crippen LogP contribution in [0.4, 0.5) is 0 Å². The van der Waals surface area contributed by atoms with Crippen LogP contribution >= 0.6 is 0 Å². The Balaban J connectivity index is 1.70. The Bertz CT molecular complexity index is 973. The predicted octanol–water partition coefficient (Wildman–Crippen LogP) is 2.99. The zero-order valence-electron chi connectivity index (χ0n) is 19.6. The van der Waals surface area contributed by atoms with Gasteiger partial charge in [0.25, 0.3) is 0 Å². The molecule has 1 aromatic carbocycles. The number of piperazine rings is 1. The number of ether oxygens (including phenoxy) is 1. The van der Waals surface area contributed by atoms with E-state index in [4.69, 9.17) is 15.1 Å². The highest BCUT2D eigenvalue weighted by molar-refractivity contribution is 6.01. The first-order valence-electron chi connectivity index (χ1n) is 11.6. The van der Waals surface area contributed by atoms with Crippen molar-refractivity contribution in [3.05, 3.63) is 35.7 Å². The molecule has 1 atom stereocenters. The average Bonchev–Trinajstić information content (AvgIpc) is 3.12. The fourth-order valence-electron chi connectivity index (χ4n) is 4.58. The summed E-state index contributed by atoms with van der Waals surface area (Å²) >= 11 is 0. The highest BCUT2D eigenvalue weighted by Gasteiger charge is 2.26. The second-order valence-electron chi connectivity index (χ2n) is 8.92. The summed E-state index contributed by atoms with van der Waals surface area (Å²) in [6.45, 7) is 12.1. The minimum atomic E-state index is 0.200. The number of hydrogen-bond acceptors (Lipinski definition) is 5. The number of rotatable bonds is 6. The van der Waals surface area contributed by atoms with Gasteiger partial charge in [-0.1, -0.05) is 13.0 Å². The van der Waals surface area contributed by atoms with Gasteiger partial charge >= 0.3 is 0 Å². The van der Waals surface area contributed by atoms with E-state index in [9.17, 15) is 0 Å². The van der Waals surface area contributed by atoms with E-state index in [2.05, 4.69) is 70.7 Å². The molecule has 8 nitrogen and oxygen atoms in total. The maximum absolute atomic E-state index is 7.43. The monoisotopic (exact) mass is 437 g/mol. The number of amidine groups is 1. The van der Waals surface area contributed by atoms with Crippen molar-refractivity contribution in [1.29, 1.82) is 5.41 Å². The second kappa shape index (κ2) is 9.83. The minimum absolute atomic E-state index is 0.200. The van der Waals surface area contributed by atoms with E-state index in [-0.39, 0.29) is 6.04 Å². The number of hydrogen-bond donors (Lipinski definition) is 2. The molecule has 172 valence electrons. The molecule has 0 bridgehead atoms. The molecular weight excluding hydrogens is 402 g/mol. The molecule has 2 aliphatic heterocycles. The highest BCUT2D eigenvalue weighted by atomic mass is 16.5. The number of likely N-dealkylation sites (N-methyl/N-ethyl adjacent to an activating group) is 1. The van der Waals surface area contributed by atoms with Crippen LogP contribution in [0.1, 0.15) is 44.5 Å². The van der Waals surface area contributed by atoms with Gasteiger partial charge in [-0.3, -0.25) is 10.3 Å². The first-order chi connectivity index (χ1) is 15.5. The molecule has 3 heterocycles. The van der Waals surface area contributed by atoms with Crippen LogP contribution in [0.5, 0.6) is 5.75 Å². The molecular formula is C24H35N7O. The first kappa shape index (κ1) is 22.5. The topological polar surface area (TPSA) is 81.8 Å². The van der Waals surface area contributed by atoms with Crippen molar-refractivity contribution in [2.24, 2.45) is 4.99 Å². The number of nitrogens with one attached hydrogen (secondary N) is 2. The standard InChI is InChI=1S/C24H35N7O/c1-5-21(30-10-8-29(4)9-11-30)18-6-7-22-19(14-18)24-28-20(15-31(24)12-13-32-22)23(26-16-25)27-17(2)3/h6-7,14-17,21H,5,8-13H2,1-4H3,(H2,25,26,27). The van der Waals surface area contributed by atoms with Gasteiger partial charge in [0, 0.05) is 44.5 Å². The second-order valence-corrected chi connectivity index (χ2v) is 8.92. The van der Waals surface area contributed by atoms with Gasteiger partial charge in [0.05, 0.1) is 12.1 Å². The number of imidazole rings is 1. The van der Waals surface area contributed by atoms with Gasteiger partial charge in [0.1, 0.15) is 30.2 Å². The van der Waals surface area contributed by atoms with Crippen LogP contribution in [0.3, 0.4) is 0 Å². The Morgan fingerprint density at radius 2 is 2.03 bits per heavy atom. The van der Waals surface area contributed by atoms with E-state index in [1.54, 1.807) is 0 Å². The van der Waals surface area contributed by atoms with Gasteiger partial charge in [0.15, 0.2) is 5.84 Å². The maximum Gasteiger partial charge on any atom is 0.155 e. The Hall–Kier alpha value is -2.71. The van der Waals surface area contributed by atoms with Crippen molar-refractivity contribution in [3.8, 4) is 17.1 Å². The third-order valence-corrected chi connectivity index (χ3v) is 6.22. The van der Waals surface area contributed by atoms with Crippen molar-refractivity contribution >= 4 is 12.2 Å². The van der Waals surface area contributed by atoms with Crippen LogP contribution in [0.15, 0.2) is 29.4 Å². The Morgan fingerprint density at radius 3 is 2.72 bits per heavy atom. The summed E-state index contributed by atoms with van der Waals surface area (Å²) in [7, 11) is 2.19. The zero-order valence-corrected chi connectivity index (χ0v) is 19.6. The van der Waals surface area contributed by atoms with E-state index < -0.39 is 0 Å². The lowest BCUT2D eigenvalue weighted by Crippen LogP contribution is -2.45. The minimum Gasteiger partial charge on any atom is -0.491 e. The molecule has 1 unspecified atom stereocenters. The van der Waals surface area contributed by atoms with Crippen LogP contribution in [0.2, 0.25) is 0 Å². The molecule has 1 fully saturated rings. The fourth-order valence-corrected chi connectivity index (χ4v) is 4.58. The largest absolute Gasteiger partial charge is 0.491 e. The lowest BCUT2D eigenvalue weighted by molar-refractivity contribution is 0.109. The molecule has 2 aromatic rings. The fraction of sp³-hybridized carbons (Fsp3) is 0.542. The van der Waals surface area contributed by atoms with Crippen LogP contribution < -0.4 is 10.1 Å². The molecule has 8 heteroatoms. The average molecular weight is 438 g/mol. The summed E-state index contributed by atoms with van der Waals surface area (Å²) in [6.07, 6.45) is 4.14. The molecule has 0 amide bonds. The third-order valence-electron chi connectivity index (χ3n) is 6.22. The van der Waals surface area contributed by atoms with Gasteiger partial charge in [-0.25, -0.2) is 9.98 Å². The summed E-state index contributed by atoms with van der Waals surface area (Å²) in [6, 6.07) is 7.17. The molecule has 2 aliphatic rings. The summed E-state index contributed by atoms with van der Waals surface area (Å²) in [5, 5.41) is 10.7. The van der Waals surface area contributed by atoms with Gasteiger partial charge < -0.3 is 19.5 Å². The lowest BCUT2D eigenvalue weighted by atomic mass is 9.98. The lowest BCUT2D eigenvalue weighted by Gasteiger charge is -2.38. The maximum atomic E-state index is 7.43. The van der Waals surface area contributed by atoms with Gasteiger partial charge in [-0.15, -0.1) is 0 Å². The van der Waals surface area contributed by atoms with E-state index in [0.717, 1.165) is 68.3 Å². The Labute approximate surface area is 190 Å². The van der Waals surface area contributed by atoms with E-state index in [1.165, 1.54) is 5.56 Å². The third kappa shape index (κ3) is 4.71. The van der Waals surface area contributed by atoms with Crippen molar-refractivity contribution in [1.82, 2.24) is 24.7 Å². The molecule has 0 saturated carbocycles. The quantitative estimate of drug-likeness (QED) is 0.536. The predicted molar refractivity (Wildman–Crippen MR) is 129 cm³/mol. The van der Waals surface area contributed by atoms with Gasteiger partial charge in [-0.2, -0.15) is 0 Å². The summed E-state index contributed by atoms with van der Waals surface area (Å²) in [4.78, 5) is 14.1. The highest BCUT2D eigenvalue weighted by Crippen LogP contribution is 2.36. The van der Waals surface area contributed by atoms with Crippen LogP contribution in [0.25, 0.3) is 11.4 Å². The zero-order chi connectivity index (χ0) is 22.7. The number of aromatic nitrogens is 2. The van der Waals surface area contributed by atoms with Gasteiger partial charge in [0.2, 0.25) is 0 Å². The molecule has 2 N–H and O–H groups in total. The van der Waals surface area contributed by atoms with Crippen molar-refractivity contribution in [3.63, 3.8) is 0 Å². The Morgan fingerprint density at radius 1 is 1.25 bits per heavy atom. The van der Waals surface area contributed by atoms with Crippen LogP contribution in [-0.2, 0) is 6.54 Å². The SMILES string of the molecule is CCC(c1ccc2c(c1)-c1nc(/C(=N/C=N)NC(C)C)cn1CCO2)N1CCN(C)CC1. The van der Waals surface area contributed by atoms with Crippen molar-refractivity contribution < 1.29 is 4.74 Å². The molecule has 0 radical (unpaired) electrons. The summed E-state index contributed by atoms with van der Waals surface area (Å²) in [5.74, 6) is 2.39. The van der Waals surface area contributed by atoms with Gasteiger partial charge in [-0.05, 0) is 45.0 Å². The molecule has 0 spiro atoms. The summed E-state index contributed by atoms with van der Waals surface area (Å²) < 4.78 is 8.21. The van der Waals surface area contributed by atoms with Crippen molar-refractivity contribution in [2.75, 3.05) is 39.8 Å². The first-order valence-corrected chi connectivity index (χ1v) is 11.6. The normalized spacial score (nSPS) is 18.5. The smallest absolute Gasteiger partial charge is 0.155 e. The molecule has 1 aromatic heterocycles. The Kier molecular flexibility index (Phi) is 6.91.